The molecule has 6 heteroatoms. The summed E-state index contributed by atoms with van der Waals surface area (Å²) < 4.78 is 0. The van der Waals surface area contributed by atoms with E-state index in [9.17, 15) is 9.59 Å². The van der Waals surface area contributed by atoms with E-state index in [0.717, 1.165) is 30.7 Å². The highest BCUT2D eigenvalue weighted by atomic mass is 35.5. The van der Waals surface area contributed by atoms with Gasteiger partial charge in [0, 0.05) is 31.5 Å². The number of amides is 2. The van der Waals surface area contributed by atoms with Crippen LogP contribution in [0.4, 0.5) is 0 Å². The highest BCUT2D eigenvalue weighted by Gasteiger charge is 2.46. The van der Waals surface area contributed by atoms with Gasteiger partial charge in [0.15, 0.2) is 0 Å². The van der Waals surface area contributed by atoms with E-state index in [1.807, 2.05) is 58.0 Å². The topological polar surface area (TPSA) is 40.6 Å². The molecule has 2 heterocycles. The van der Waals surface area contributed by atoms with Crippen molar-refractivity contribution >= 4 is 41.3 Å². The SMILES string of the molecule is CC(Cl)C(=O)N1CCC2(CC1)SCCN2C(=O)C=Cc1ccccc1. The smallest absolute Gasteiger partial charge is 0.247 e. The van der Waals surface area contributed by atoms with Gasteiger partial charge in [-0.25, -0.2) is 0 Å². The minimum Gasteiger partial charge on any atom is -0.341 e. The first-order chi connectivity index (χ1) is 12.0. The fourth-order valence-corrected chi connectivity index (χ4v) is 5.08. The van der Waals surface area contributed by atoms with Gasteiger partial charge in [0.2, 0.25) is 11.8 Å². The van der Waals surface area contributed by atoms with Gasteiger partial charge in [-0.05, 0) is 31.4 Å². The average Bonchev–Trinajstić information content (AvgIpc) is 3.03. The third kappa shape index (κ3) is 4.04. The van der Waals surface area contributed by atoms with Crippen molar-refractivity contribution in [2.75, 3.05) is 25.4 Å². The van der Waals surface area contributed by atoms with E-state index in [1.54, 1.807) is 13.0 Å². The summed E-state index contributed by atoms with van der Waals surface area (Å²) in [7, 11) is 0. The molecule has 1 unspecified atom stereocenters. The summed E-state index contributed by atoms with van der Waals surface area (Å²) in [6.07, 6.45) is 5.14. The molecule has 2 fully saturated rings. The first kappa shape index (κ1) is 18.3. The molecule has 134 valence electrons. The van der Waals surface area contributed by atoms with Crippen LogP contribution >= 0.6 is 23.4 Å². The minimum absolute atomic E-state index is 0.0126. The Balaban J connectivity index is 1.66. The summed E-state index contributed by atoms with van der Waals surface area (Å²) in [4.78, 5) is 28.4. The highest BCUT2D eigenvalue weighted by Crippen LogP contribution is 2.44. The normalized spacial score (nSPS) is 21.0. The van der Waals surface area contributed by atoms with Gasteiger partial charge < -0.3 is 9.80 Å². The van der Waals surface area contributed by atoms with Crippen molar-refractivity contribution in [3.05, 3.63) is 42.0 Å². The molecule has 0 N–H and O–H groups in total. The lowest BCUT2D eigenvalue weighted by molar-refractivity contribution is -0.134. The van der Waals surface area contributed by atoms with Gasteiger partial charge in [0.05, 0.1) is 4.87 Å². The number of rotatable bonds is 3. The average molecular weight is 379 g/mol. The minimum atomic E-state index is -0.489. The van der Waals surface area contributed by atoms with E-state index in [1.165, 1.54) is 0 Å². The Morgan fingerprint density at radius 1 is 1.20 bits per heavy atom. The molecule has 2 aliphatic heterocycles. The Labute approximate surface area is 158 Å². The predicted octanol–water partition coefficient (Wildman–Crippen LogP) is 3.22. The Bertz CT molecular complexity index is 655. The van der Waals surface area contributed by atoms with Crippen molar-refractivity contribution < 1.29 is 9.59 Å². The van der Waals surface area contributed by atoms with E-state index in [-0.39, 0.29) is 16.7 Å². The molecule has 0 bridgehead atoms. The summed E-state index contributed by atoms with van der Waals surface area (Å²) >= 11 is 7.77. The second-order valence-corrected chi connectivity index (χ2v) is 8.58. The van der Waals surface area contributed by atoms with E-state index < -0.39 is 5.38 Å². The zero-order chi connectivity index (χ0) is 17.9. The fourth-order valence-electron chi connectivity index (χ4n) is 3.48. The Kier molecular flexibility index (Phi) is 5.74. The molecule has 0 saturated carbocycles. The van der Waals surface area contributed by atoms with Crippen LogP contribution in [0.15, 0.2) is 36.4 Å². The van der Waals surface area contributed by atoms with Crippen LogP contribution in [-0.2, 0) is 9.59 Å². The molecule has 4 nitrogen and oxygen atoms in total. The van der Waals surface area contributed by atoms with Crippen LogP contribution in [0.2, 0.25) is 0 Å². The van der Waals surface area contributed by atoms with Gasteiger partial charge in [-0.3, -0.25) is 9.59 Å². The molecule has 1 atom stereocenters. The third-order valence-electron chi connectivity index (χ3n) is 4.86. The number of piperidine rings is 1. The molecule has 1 aromatic carbocycles. The zero-order valence-electron chi connectivity index (χ0n) is 14.4. The van der Waals surface area contributed by atoms with Gasteiger partial charge in [-0.15, -0.1) is 23.4 Å². The lowest BCUT2D eigenvalue weighted by Crippen LogP contribution is -2.54. The van der Waals surface area contributed by atoms with E-state index >= 15 is 0 Å². The van der Waals surface area contributed by atoms with Crippen LogP contribution in [0.3, 0.4) is 0 Å². The molecule has 2 amide bonds. The standard InChI is InChI=1S/C19H23ClN2O2S/c1-15(20)18(24)21-11-9-19(10-12-21)22(13-14-25-19)17(23)8-7-16-5-3-2-4-6-16/h2-8,15H,9-14H2,1H3. The summed E-state index contributed by atoms with van der Waals surface area (Å²) in [5.41, 5.74) is 1.02. The van der Waals surface area contributed by atoms with Crippen molar-refractivity contribution in [3.63, 3.8) is 0 Å². The summed E-state index contributed by atoms with van der Waals surface area (Å²) in [6.45, 7) is 3.80. The van der Waals surface area contributed by atoms with Crippen LogP contribution in [0, 0.1) is 0 Å². The first-order valence-electron chi connectivity index (χ1n) is 8.63. The second kappa shape index (κ2) is 7.83. The lowest BCUT2D eigenvalue weighted by Gasteiger charge is -2.44. The van der Waals surface area contributed by atoms with Crippen LogP contribution in [0.5, 0.6) is 0 Å². The quantitative estimate of drug-likeness (QED) is 0.599. The number of halogens is 1. The number of carbonyl (C=O) groups is 2. The molecular formula is C19H23ClN2O2S. The maximum absolute atomic E-state index is 12.7. The number of likely N-dealkylation sites (tertiary alicyclic amines) is 1. The highest BCUT2D eigenvalue weighted by molar-refractivity contribution is 8.00. The zero-order valence-corrected chi connectivity index (χ0v) is 15.9. The Morgan fingerprint density at radius 2 is 1.88 bits per heavy atom. The molecule has 0 aromatic heterocycles. The van der Waals surface area contributed by atoms with E-state index in [2.05, 4.69) is 0 Å². The summed E-state index contributed by atoms with van der Waals surface area (Å²) in [5.74, 6) is 0.991. The summed E-state index contributed by atoms with van der Waals surface area (Å²) in [5, 5.41) is -0.489. The van der Waals surface area contributed by atoms with Gasteiger partial charge in [-0.2, -0.15) is 0 Å². The molecule has 2 saturated heterocycles. The molecule has 0 aliphatic carbocycles. The van der Waals surface area contributed by atoms with E-state index in [4.69, 9.17) is 11.6 Å². The monoisotopic (exact) mass is 378 g/mol. The number of hydrogen-bond donors (Lipinski definition) is 0. The van der Waals surface area contributed by atoms with Gasteiger partial charge >= 0.3 is 0 Å². The Morgan fingerprint density at radius 3 is 2.52 bits per heavy atom. The molecule has 25 heavy (non-hydrogen) atoms. The van der Waals surface area contributed by atoms with Crippen molar-refractivity contribution in [1.82, 2.24) is 9.80 Å². The van der Waals surface area contributed by atoms with Crippen LogP contribution in [0.1, 0.15) is 25.3 Å². The molecule has 1 spiro atoms. The molecule has 0 radical (unpaired) electrons. The number of alkyl halides is 1. The van der Waals surface area contributed by atoms with Crippen molar-refractivity contribution in [2.24, 2.45) is 0 Å². The summed E-state index contributed by atoms with van der Waals surface area (Å²) in [6, 6.07) is 9.84. The second-order valence-electron chi connectivity index (χ2n) is 6.47. The molecular weight excluding hydrogens is 356 g/mol. The Hall–Kier alpha value is -1.46. The predicted molar refractivity (Wildman–Crippen MR) is 104 cm³/mol. The van der Waals surface area contributed by atoms with Gasteiger partial charge in [0.1, 0.15) is 5.38 Å². The number of carbonyl (C=O) groups excluding carboxylic acids is 2. The lowest BCUT2D eigenvalue weighted by atomic mass is 10.0. The maximum Gasteiger partial charge on any atom is 0.247 e. The maximum atomic E-state index is 12.7. The van der Waals surface area contributed by atoms with Crippen LogP contribution < -0.4 is 0 Å². The van der Waals surface area contributed by atoms with Crippen molar-refractivity contribution in [2.45, 2.75) is 30.0 Å². The number of nitrogens with zero attached hydrogens (tertiary/aromatic N) is 2. The largest absolute Gasteiger partial charge is 0.341 e. The van der Waals surface area contributed by atoms with Gasteiger partial charge in [-0.1, -0.05) is 30.3 Å². The van der Waals surface area contributed by atoms with Gasteiger partial charge in [0.25, 0.3) is 0 Å². The number of thioether (sulfide) groups is 1. The first-order valence-corrected chi connectivity index (χ1v) is 10.1. The number of benzene rings is 1. The van der Waals surface area contributed by atoms with Crippen LogP contribution in [-0.4, -0.2) is 57.2 Å². The van der Waals surface area contributed by atoms with E-state index in [0.29, 0.717) is 13.1 Å². The fraction of sp³-hybridized carbons (Fsp3) is 0.474. The molecule has 2 aliphatic rings. The van der Waals surface area contributed by atoms with Crippen molar-refractivity contribution in [1.29, 1.82) is 0 Å². The third-order valence-corrected chi connectivity index (χ3v) is 6.60. The van der Waals surface area contributed by atoms with Crippen molar-refractivity contribution in [3.8, 4) is 0 Å². The molecule has 3 rings (SSSR count). The van der Waals surface area contributed by atoms with Crippen LogP contribution in [0.25, 0.3) is 6.08 Å². The number of hydrogen-bond acceptors (Lipinski definition) is 3. The molecule has 1 aromatic rings.